The van der Waals surface area contributed by atoms with E-state index in [2.05, 4.69) is 0 Å². The number of benzene rings is 2. The number of rotatable bonds is 2. The lowest BCUT2D eigenvalue weighted by atomic mass is 9.83. The summed E-state index contributed by atoms with van der Waals surface area (Å²) in [6, 6.07) is 13.4. The van der Waals surface area contributed by atoms with Crippen LogP contribution in [-0.2, 0) is 10.0 Å². The third kappa shape index (κ3) is 3.02. The van der Waals surface area contributed by atoms with Crippen LogP contribution in [0.25, 0.3) is 0 Å². The van der Waals surface area contributed by atoms with Crippen LogP contribution in [-0.4, -0.2) is 37.2 Å². The molecule has 1 fully saturated rings. The molecule has 5 nitrogen and oxygen atoms in total. The average molecular weight is 392 g/mol. The van der Waals surface area contributed by atoms with E-state index in [0.29, 0.717) is 48.7 Å². The molecule has 2 heterocycles. The smallest absolute Gasteiger partial charge is 0.243 e. The Labute approximate surface area is 157 Å². The second-order valence-electron chi connectivity index (χ2n) is 6.74. The number of piperidine rings is 1. The fourth-order valence-electron chi connectivity index (χ4n) is 3.61. The van der Waals surface area contributed by atoms with Crippen LogP contribution < -0.4 is 4.74 Å². The first-order valence-corrected chi connectivity index (χ1v) is 10.3. The van der Waals surface area contributed by atoms with E-state index in [1.165, 1.54) is 16.4 Å². The van der Waals surface area contributed by atoms with Gasteiger partial charge in [-0.25, -0.2) is 8.42 Å². The van der Waals surface area contributed by atoms with Crippen LogP contribution >= 0.6 is 11.6 Å². The van der Waals surface area contributed by atoms with Gasteiger partial charge >= 0.3 is 0 Å². The lowest BCUT2D eigenvalue weighted by Crippen LogP contribution is -2.52. The summed E-state index contributed by atoms with van der Waals surface area (Å²) < 4.78 is 33.2. The van der Waals surface area contributed by atoms with Crippen molar-refractivity contribution >= 4 is 27.4 Å². The summed E-state index contributed by atoms with van der Waals surface area (Å²) in [6.45, 7) is 0.640. The van der Waals surface area contributed by atoms with Crippen LogP contribution in [0.5, 0.6) is 5.75 Å². The summed E-state index contributed by atoms with van der Waals surface area (Å²) in [5.74, 6) is 0.651. The Kier molecular flexibility index (Phi) is 4.29. The minimum Gasteiger partial charge on any atom is -0.486 e. The van der Waals surface area contributed by atoms with Gasteiger partial charge in [0.15, 0.2) is 5.78 Å². The van der Waals surface area contributed by atoms with Crippen molar-refractivity contribution in [3.8, 4) is 5.75 Å². The molecule has 0 unspecified atom stereocenters. The molecule has 0 N–H and O–H groups in total. The Morgan fingerprint density at radius 1 is 1.00 bits per heavy atom. The molecule has 26 heavy (non-hydrogen) atoms. The number of hydrogen-bond acceptors (Lipinski definition) is 4. The largest absolute Gasteiger partial charge is 0.486 e. The van der Waals surface area contributed by atoms with Gasteiger partial charge in [0.25, 0.3) is 0 Å². The number of Topliss-reactive ketones (excluding diaryl/α,β-unsaturated/α-hetero) is 1. The van der Waals surface area contributed by atoms with E-state index < -0.39 is 15.6 Å². The first-order chi connectivity index (χ1) is 12.4. The van der Waals surface area contributed by atoms with Crippen LogP contribution in [0.4, 0.5) is 0 Å². The maximum absolute atomic E-state index is 12.8. The standard InChI is InChI=1S/C19H18ClNO4S/c20-14-5-7-15(8-6-14)26(23,24)21-11-9-19(10-12-21)13-17(22)16-3-1-2-4-18(16)25-19/h1-8H,9-13H2. The number of carbonyl (C=O) groups excluding carboxylic acids is 1. The van der Waals surface area contributed by atoms with E-state index in [1.807, 2.05) is 12.1 Å². The fraction of sp³-hybridized carbons (Fsp3) is 0.316. The zero-order chi connectivity index (χ0) is 18.4. The van der Waals surface area contributed by atoms with E-state index in [-0.39, 0.29) is 10.7 Å². The van der Waals surface area contributed by atoms with Gasteiger partial charge in [-0.2, -0.15) is 4.31 Å². The van der Waals surface area contributed by atoms with Gasteiger partial charge in [0.1, 0.15) is 11.4 Å². The predicted octanol–water partition coefficient (Wildman–Crippen LogP) is 3.53. The lowest BCUT2D eigenvalue weighted by molar-refractivity contribution is 0.00591. The quantitative estimate of drug-likeness (QED) is 0.785. The highest BCUT2D eigenvalue weighted by Crippen LogP contribution is 2.40. The molecule has 0 saturated carbocycles. The molecular weight excluding hydrogens is 374 g/mol. The Morgan fingerprint density at radius 2 is 1.65 bits per heavy atom. The Morgan fingerprint density at radius 3 is 2.35 bits per heavy atom. The number of fused-ring (bicyclic) bond motifs is 1. The van der Waals surface area contributed by atoms with Gasteiger partial charge in [-0.1, -0.05) is 23.7 Å². The summed E-state index contributed by atoms with van der Waals surface area (Å²) in [7, 11) is -3.57. The molecule has 136 valence electrons. The molecule has 0 bridgehead atoms. The monoisotopic (exact) mass is 391 g/mol. The van der Waals surface area contributed by atoms with Crippen molar-refractivity contribution in [2.45, 2.75) is 29.8 Å². The molecule has 2 aromatic rings. The van der Waals surface area contributed by atoms with E-state index in [0.717, 1.165) is 0 Å². The minimum absolute atomic E-state index is 0.0564. The normalized spacial score (nSPS) is 19.8. The number of ether oxygens (including phenoxy) is 1. The summed E-state index contributed by atoms with van der Waals surface area (Å²) in [6.07, 6.45) is 1.26. The van der Waals surface area contributed by atoms with Crippen molar-refractivity contribution in [2.24, 2.45) is 0 Å². The molecule has 0 aliphatic carbocycles. The van der Waals surface area contributed by atoms with Crippen LogP contribution in [0.1, 0.15) is 29.6 Å². The highest BCUT2D eigenvalue weighted by Gasteiger charge is 2.44. The Bertz CT molecular complexity index is 948. The van der Waals surface area contributed by atoms with Crippen molar-refractivity contribution in [1.29, 1.82) is 0 Å². The summed E-state index contributed by atoms with van der Waals surface area (Å²) in [5, 5.41) is 0.495. The van der Waals surface area contributed by atoms with E-state index in [4.69, 9.17) is 16.3 Å². The first-order valence-electron chi connectivity index (χ1n) is 8.47. The summed E-state index contributed by atoms with van der Waals surface area (Å²) in [4.78, 5) is 12.7. The number of nitrogens with zero attached hydrogens (tertiary/aromatic N) is 1. The molecular formula is C19H18ClNO4S. The molecule has 0 amide bonds. The van der Waals surface area contributed by atoms with Crippen molar-refractivity contribution in [2.75, 3.05) is 13.1 Å². The summed E-state index contributed by atoms with van der Waals surface area (Å²) >= 11 is 5.84. The highest BCUT2D eigenvalue weighted by molar-refractivity contribution is 7.89. The molecule has 4 rings (SSSR count). The molecule has 0 aromatic heterocycles. The summed E-state index contributed by atoms with van der Waals surface area (Å²) in [5.41, 5.74) is -0.00777. The van der Waals surface area contributed by atoms with Gasteiger partial charge in [-0.3, -0.25) is 4.79 Å². The molecule has 1 saturated heterocycles. The molecule has 1 spiro atoms. The second kappa shape index (κ2) is 6.37. The van der Waals surface area contributed by atoms with Gasteiger partial charge in [-0.05, 0) is 36.4 Å². The van der Waals surface area contributed by atoms with Crippen LogP contribution in [0.15, 0.2) is 53.4 Å². The number of hydrogen-bond donors (Lipinski definition) is 0. The predicted molar refractivity (Wildman–Crippen MR) is 98.2 cm³/mol. The number of carbonyl (C=O) groups is 1. The van der Waals surface area contributed by atoms with Crippen LogP contribution in [0, 0.1) is 0 Å². The second-order valence-corrected chi connectivity index (χ2v) is 9.11. The van der Waals surface area contributed by atoms with Gasteiger partial charge in [0.05, 0.1) is 16.9 Å². The van der Waals surface area contributed by atoms with Gasteiger partial charge < -0.3 is 4.74 Å². The molecule has 0 radical (unpaired) electrons. The van der Waals surface area contributed by atoms with Crippen LogP contribution in [0.2, 0.25) is 5.02 Å². The third-order valence-electron chi connectivity index (χ3n) is 5.08. The van der Waals surface area contributed by atoms with Gasteiger partial charge in [0.2, 0.25) is 10.0 Å². The number of sulfonamides is 1. The Hall–Kier alpha value is -1.89. The van der Waals surface area contributed by atoms with Crippen molar-refractivity contribution in [1.82, 2.24) is 4.31 Å². The van der Waals surface area contributed by atoms with E-state index >= 15 is 0 Å². The third-order valence-corrected chi connectivity index (χ3v) is 7.25. The zero-order valence-corrected chi connectivity index (χ0v) is 15.6. The number of halogens is 1. The highest BCUT2D eigenvalue weighted by atomic mass is 35.5. The van der Waals surface area contributed by atoms with Crippen molar-refractivity contribution in [3.05, 3.63) is 59.1 Å². The SMILES string of the molecule is O=C1CC2(CCN(S(=O)(=O)c3ccc(Cl)cc3)CC2)Oc2ccccc21. The average Bonchev–Trinajstić information content (AvgIpc) is 2.62. The van der Waals surface area contributed by atoms with Crippen molar-refractivity contribution < 1.29 is 17.9 Å². The Balaban J connectivity index is 1.53. The van der Waals surface area contributed by atoms with Crippen molar-refractivity contribution in [3.63, 3.8) is 0 Å². The van der Waals surface area contributed by atoms with Gasteiger partial charge in [-0.15, -0.1) is 0 Å². The first kappa shape index (κ1) is 17.5. The molecule has 2 aliphatic heterocycles. The van der Waals surface area contributed by atoms with Gasteiger partial charge in [0, 0.05) is 31.0 Å². The number of ketones is 1. The molecule has 7 heteroatoms. The minimum atomic E-state index is -3.57. The topological polar surface area (TPSA) is 63.7 Å². The maximum atomic E-state index is 12.8. The van der Waals surface area contributed by atoms with E-state index in [1.54, 1.807) is 24.3 Å². The molecule has 0 atom stereocenters. The number of para-hydroxylation sites is 1. The zero-order valence-electron chi connectivity index (χ0n) is 14.0. The fourth-order valence-corrected chi connectivity index (χ4v) is 5.18. The maximum Gasteiger partial charge on any atom is 0.243 e. The lowest BCUT2D eigenvalue weighted by Gasteiger charge is -2.43. The van der Waals surface area contributed by atoms with Crippen LogP contribution in [0.3, 0.4) is 0 Å². The molecule has 2 aliphatic rings. The van der Waals surface area contributed by atoms with E-state index in [9.17, 15) is 13.2 Å². The molecule has 2 aromatic carbocycles.